The van der Waals surface area contributed by atoms with E-state index in [0.29, 0.717) is 0 Å². The minimum absolute atomic E-state index is 0.175. The second-order valence-electron chi connectivity index (χ2n) is 4.92. The third-order valence-corrected chi connectivity index (χ3v) is 2.59. The Morgan fingerprint density at radius 1 is 1.42 bits per heavy atom. The number of carbonyl (C=O) groups excluding carboxylic acids is 1. The maximum Gasteiger partial charge on any atom is 0.356 e. The van der Waals surface area contributed by atoms with E-state index < -0.39 is 12.0 Å². The van der Waals surface area contributed by atoms with E-state index in [9.17, 15) is 9.59 Å². The predicted octanol–water partition coefficient (Wildman–Crippen LogP) is 2.48. The Morgan fingerprint density at radius 3 is 2.68 bits per heavy atom. The molecule has 2 amide bonds. The number of aromatic carboxylic acids is 1. The molecule has 1 heterocycles. The smallest absolute Gasteiger partial charge is 0.356 e. The van der Waals surface area contributed by atoms with Crippen LogP contribution in [0.5, 0.6) is 0 Å². The lowest BCUT2D eigenvalue weighted by molar-refractivity contribution is 0.0692. The summed E-state index contributed by atoms with van der Waals surface area (Å²) in [6.07, 6.45) is 3.15. The van der Waals surface area contributed by atoms with Gasteiger partial charge in [0, 0.05) is 11.7 Å². The van der Waals surface area contributed by atoms with E-state index in [1.54, 1.807) is 6.07 Å². The minimum Gasteiger partial charge on any atom is -0.476 e. The summed E-state index contributed by atoms with van der Waals surface area (Å²) < 4.78 is 0. The number of hydrogen-bond donors (Lipinski definition) is 3. The summed E-state index contributed by atoms with van der Waals surface area (Å²) in [5.74, 6) is -1.18. The molecule has 1 rings (SSSR count). The number of rotatable bonds is 5. The summed E-state index contributed by atoms with van der Waals surface area (Å²) in [5.41, 5.74) is -0.338. The second kappa shape index (κ2) is 6.17. The largest absolute Gasteiger partial charge is 0.476 e. The van der Waals surface area contributed by atoms with Gasteiger partial charge in [0.1, 0.15) is 0 Å². The van der Waals surface area contributed by atoms with Crippen LogP contribution in [-0.2, 0) is 0 Å². The van der Waals surface area contributed by atoms with Gasteiger partial charge in [0.25, 0.3) is 0 Å². The molecule has 1 aromatic heterocycles. The molecule has 0 unspecified atom stereocenters. The van der Waals surface area contributed by atoms with Gasteiger partial charge >= 0.3 is 12.0 Å². The Balaban J connectivity index is 2.75. The summed E-state index contributed by atoms with van der Waals surface area (Å²) in [7, 11) is 0. The first-order valence-corrected chi connectivity index (χ1v) is 6.13. The van der Waals surface area contributed by atoms with Gasteiger partial charge < -0.3 is 15.7 Å². The molecule has 0 aliphatic heterocycles. The topological polar surface area (TPSA) is 91.3 Å². The average Bonchev–Trinajstić information content (AvgIpc) is 2.28. The van der Waals surface area contributed by atoms with Crippen LogP contribution >= 0.6 is 0 Å². The van der Waals surface area contributed by atoms with E-state index in [1.165, 1.54) is 12.3 Å². The van der Waals surface area contributed by atoms with Crippen molar-refractivity contribution >= 4 is 17.7 Å². The lowest BCUT2D eigenvalue weighted by atomic mass is 9.99. The van der Waals surface area contributed by atoms with Gasteiger partial charge in [-0.05, 0) is 32.4 Å². The van der Waals surface area contributed by atoms with E-state index in [4.69, 9.17) is 5.11 Å². The highest BCUT2D eigenvalue weighted by atomic mass is 16.4. The van der Waals surface area contributed by atoms with Crippen LogP contribution in [0.25, 0.3) is 0 Å². The Labute approximate surface area is 112 Å². The molecule has 0 fully saturated rings. The van der Waals surface area contributed by atoms with Gasteiger partial charge in [-0.1, -0.05) is 13.3 Å². The standard InChI is InChI=1S/C13H19N3O3/c1-4-7-13(2,3)16-12(19)15-9-6-5-8-14-10(9)11(17)18/h5-6,8H,4,7H2,1-3H3,(H,17,18)(H2,15,16,19). The molecule has 19 heavy (non-hydrogen) atoms. The van der Waals surface area contributed by atoms with Crippen LogP contribution in [0.3, 0.4) is 0 Å². The molecule has 0 aliphatic rings. The van der Waals surface area contributed by atoms with Crippen molar-refractivity contribution in [3.8, 4) is 0 Å². The fourth-order valence-electron chi connectivity index (χ4n) is 1.82. The van der Waals surface area contributed by atoms with Crippen LogP contribution in [0, 0.1) is 0 Å². The number of urea groups is 1. The highest BCUT2D eigenvalue weighted by Gasteiger charge is 2.20. The fourth-order valence-corrected chi connectivity index (χ4v) is 1.82. The molecule has 0 bridgehead atoms. The fraction of sp³-hybridized carbons (Fsp3) is 0.462. The molecular weight excluding hydrogens is 246 g/mol. The Bertz CT molecular complexity index is 472. The molecule has 0 spiro atoms. The van der Waals surface area contributed by atoms with Crippen molar-refractivity contribution in [2.45, 2.75) is 39.2 Å². The summed E-state index contributed by atoms with van der Waals surface area (Å²) in [4.78, 5) is 26.5. The quantitative estimate of drug-likeness (QED) is 0.762. The van der Waals surface area contributed by atoms with E-state index in [0.717, 1.165) is 12.8 Å². The normalized spacial score (nSPS) is 10.9. The zero-order valence-electron chi connectivity index (χ0n) is 11.4. The van der Waals surface area contributed by atoms with Crippen LogP contribution < -0.4 is 10.6 Å². The average molecular weight is 265 g/mol. The first-order valence-electron chi connectivity index (χ1n) is 6.13. The lowest BCUT2D eigenvalue weighted by Gasteiger charge is -2.25. The molecule has 6 heteroatoms. The van der Waals surface area contributed by atoms with E-state index in [2.05, 4.69) is 15.6 Å². The van der Waals surface area contributed by atoms with Gasteiger partial charge in [0.05, 0.1) is 5.69 Å². The highest BCUT2D eigenvalue weighted by Crippen LogP contribution is 2.14. The van der Waals surface area contributed by atoms with Crippen molar-refractivity contribution in [1.29, 1.82) is 0 Å². The highest BCUT2D eigenvalue weighted by molar-refractivity contribution is 5.98. The monoisotopic (exact) mass is 265 g/mol. The maximum atomic E-state index is 11.8. The van der Waals surface area contributed by atoms with E-state index >= 15 is 0 Å². The van der Waals surface area contributed by atoms with E-state index in [1.807, 2.05) is 20.8 Å². The third kappa shape index (κ3) is 4.57. The number of anilines is 1. The molecule has 0 atom stereocenters. The Kier molecular flexibility index (Phi) is 4.86. The summed E-state index contributed by atoms with van der Waals surface area (Å²) >= 11 is 0. The Hall–Kier alpha value is -2.11. The van der Waals surface area contributed by atoms with Gasteiger partial charge in [-0.3, -0.25) is 0 Å². The number of nitrogens with one attached hydrogen (secondary N) is 2. The van der Waals surface area contributed by atoms with Crippen molar-refractivity contribution < 1.29 is 14.7 Å². The SMILES string of the molecule is CCCC(C)(C)NC(=O)Nc1cccnc1C(=O)O. The van der Waals surface area contributed by atoms with Crippen LogP contribution in [0.2, 0.25) is 0 Å². The molecule has 0 radical (unpaired) electrons. The zero-order chi connectivity index (χ0) is 14.5. The van der Waals surface area contributed by atoms with Crippen LogP contribution in [0.4, 0.5) is 10.5 Å². The molecule has 0 aliphatic carbocycles. The van der Waals surface area contributed by atoms with Gasteiger partial charge in [-0.2, -0.15) is 0 Å². The predicted molar refractivity (Wildman–Crippen MR) is 72.3 cm³/mol. The summed E-state index contributed by atoms with van der Waals surface area (Å²) in [6, 6.07) is 2.64. The first kappa shape index (κ1) is 14.9. The second-order valence-corrected chi connectivity index (χ2v) is 4.92. The van der Waals surface area contributed by atoms with Gasteiger partial charge in [-0.25, -0.2) is 14.6 Å². The molecule has 0 aromatic carbocycles. The number of carbonyl (C=O) groups is 2. The molecule has 1 aromatic rings. The van der Waals surface area contributed by atoms with E-state index in [-0.39, 0.29) is 16.9 Å². The lowest BCUT2D eigenvalue weighted by Crippen LogP contribution is -2.45. The van der Waals surface area contributed by atoms with Crippen LogP contribution in [0.1, 0.15) is 44.1 Å². The number of aromatic nitrogens is 1. The first-order chi connectivity index (χ1) is 8.85. The number of carboxylic acid groups (broad SMARTS) is 1. The molecule has 0 saturated heterocycles. The number of nitrogens with zero attached hydrogens (tertiary/aromatic N) is 1. The van der Waals surface area contributed by atoms with Crippen LogP contribution in [-0.4, -0.2) is 27.6 Å². The maximum absolute atomic E-state index is 11.8. The zero-order valence-corrected chi connectivity index (χ0v) is 11.4. The summed E-state index contributed by atoms with van der Waals surface area (Å²) in [6.45, 7) is 5.86. The van der Waals surface area contributed by atoms with Crippen molar-refractivity contribution in [2.24, 2.45) is 0 Å². The van der Waals surface area contributed by atoms with Crippen molar-refractivity contribution in [1.82, 2.24) is 10.3 Å². The summed E-state index contributed by atoms with van der Waals surface area (Å²) in [5, 5.41) is 14.3. The number of amides is 2. The van der Waals surface area contributed by atoms with Gasteiger partial charge in [-0.15, -0.1) is 0 Å². The number of hydrogen-bond acceptors (Lipinski definition) is 3. The van der Waals surface area contributed by atoms with Crippen molar-refractivity contribution in [2.75, 3.05) is 5.32 Å². The van der Waals surface area contributed by atoms with Crippen LogP contribution in [0.15, 0.2) is 18.3 Å². The van der Waals surface area contributed by atoms with Gasteiger partial charge in [0.15, 0.2) is 5.69 Å². The molecule has 104 valence electrons. The molecule has 3 N–H and O–H groups in total. The van der Waals surface area contributed by atoms with Crippen molar-refractivity contribution in [3.63, 3.8) is 0 Å². The third-order valence-electron chi connectivity index (χ3n) is 2.59. The van der Waals surface area contributed by atoms with Crippen molar-refractivity contribution in [3.05, 3.63) is 24.0 Å². The number of pyridine rings is 1. The Morgan fingerprint density at radius 2 is 2.11 bits per heavy atom. The number of carboxylic acids is 1. The molecule has 0 saturated carbocycles. The minimum atomic E-state index is -1.18. The molecule has 6 nitrogen and oxygen atoms in total. The molecular formula is C13H19N3O3. The van der Waals surface area contributed by atoms with Gasteiger partial charge in [0.2, 0.25) is 0 Å².